The summed E-state index contributed by atoms with van der Waals surface area (Å²) in [4.78, 5) is 3.59. The molecule has 98 valence electrons. The van der Waals surface area contributed by atoms with Gasteiger partial charge >= 0.3 is 0 Å². The van der Waals surface area contributed by atoms with Crippen molar-refractivity contribution in [2.24, 2.45) is 5.84 Å². The highest BCUT2D eigenvalue weighted by molar-refractivity contribution is 9.10. The van der Waals surface area contributed by atoms with Crippen LogP contribution in [0.4, 0.5) is 0 Å². The molecule has 2 unspecified atom stereocenters. The third-order valence-electron chi connectivity index (χ3n) is 3.77. The Morgan fingerprint density at radius 2 is 2.24 bits per heavy atom. The molecule has 2 atom stereocenters. The monoisotopic (exact) mass is 319 g/mol. The second-order valence-electron chi connectivity index (χ2n) is 4.72. The molecule has 0 amide bonds. The maximum absolute atomic E-state index is 5.75. The maximum Gasteiger partial charge on any atom is 0.0440 e. The standard InChI is InChI=1S/C12H22BrN3S/c1-5-12(2,16(3)4)11(15-14)8-10-9(13)6-7-17-10/h6-7,11,15H,5,8,14H2,1-4H3. The van der Waals surface area contributed by atoms with Crippen LogP contribution in [0.15, 0.2) is 15.9 Å². The van der Waals surface area contributed by atoms with Crippen LogP contribution in [0.25, 0.3) is 0 Å². The number of nitrogens with zero attached hydrogens (tertiary/aromatic N) is 1. The lowest BCUT2D eigenvalue weighted by Crippen LogP contribution is -2.59. The Labute approximate surface area is 116 Å². The highest BCUT2D eigenvalue weighted by Crippen LogP contribution is 2.29. The molecular weight excluding hydrogens is 298 g/mol. The van der Waals surface area contributed by atoms with Gasteiger partial charge in [-0.2, -0.15) is 0 Å². The quantitative estimate of drug-likeness (QED) is 0.625. The van der Waals surface area contributed by atoms with Crippen LogP contribution in [0.5, 0.6) is 0 Å². The van der Waals surface area contributed by atoms with Gasteiger partial charge in [-0.15, -0.1) is 11.3 Å². The van der Waals surface area contributed by atoms with Crippen LogP contribution < -0.4 is 11.3 Å². The molecule has 5 heteroatoms. The molecule has 1 rings (SSSR count). The molecule has 0 aliphatic rings. The van der Waals surface area contributed by atoms with E-state index in [9.17, 15) is 0 Å². The largest absolute Gasteiger partial charge is 0.302 e. The molecule has 0 aromatic carbocycles. The second-order valence-corrected chi connectivity index (χ2v) is 6.58. The van der Waals surface area contributed by atoms with Gasteiger partial charge in [0.1, 0.15) is 0 Å². The number of hydrogen-bond donors (Lipinski definition) is 2. The summed E-state index contributed by atoms with van der Waals surface area (Å²) in [5, 5.41) is 2.10. The molecule has 0 aliphatic heterocycles. The average Bonchev–Trinajstić information content (AvgIpc) is 2.70. The van der Waals surface area contributed by atoms with Gasteiger partial charge < -0.3 is 4.90 Å². The summed E-state index contributed by atoms with van der Waals surface area (Å²) in [7, 11) is 4.22. The zero-order valence-corrected chi connectivity index (χ0v) is 13.4. The zero-order chi connectivity index (χ0) is 13.1. The van der Waals surface area contributed by atoms with E-state index >= 15 is 0 Å². The van der Waals surface area contributed by atoms with E-state index in [1.54, 1.807) is 11.3 Å². The summed E-state index contributed by atoms with van der Waals surface area (Å²) in [6.07, 6.45) is 2.00. The van der Waals surface area contributed by atoms with Gasteiger partial charge in [-0.25, -0.2) is 0 Å². The van der Waals surface area contributed by atoms with E-state index in [1.807, 2.05) is 0 Å². The van der Waals surface area contributed by atoms with Crippen molar-refractivity contribution in [3.05, 3.63) is 20.8 Å². The Morgan fingerprint density at radius 1 is 1.59 bits per heavy atom. The fourth-order valence-electron chi connectivity index (χ4n) is 1.99. The van der Waals surface area contributed by atoms with Gasteiger partial charge in [0.15, 0.2) is 0 Å². The molecular formula is C12H22BrN3S. The Bertz CT molecular complexity index is 353. The summed E-state index contributed by atoms with van der Waals surface area (Å²) in [5.74, 6) is 5.75. The Morgan fingerprint density at radius 3 is 2.59 bits per heavy atom. The zero-order valence-electron chi connectivity index (χ0n) is 11.0. The normalized spacial score (nSPS) is 17.1. The third-order valence-corrected chi connectivity index (χ3v) is 5.72. The smallest absolute Gasteiger partial charge is 0.0440 e. The minimum Gasteiger partial charge on any atom is -0.302 e. The van der Waals surface area contributed by atoms with Crippen molar-refractivity contribution in [1.82, 2.24) is 10.3 Å². The van der Waals surface area contributed by atoms with Gasteiger partial charge in [0.2, 0.25) is 0 Å². The molecule has 3 nitrogen and oxygen atoms in total. The molecule has 3 N–H and O–H groups in total. The fourth-order valence-corrected chi connectivity index (χ4v) is 3.55. The molecule has 0 spiro atoms. The third kappa shape index (κ3) is 3.29. The van der Waals surface area contributed by atoms with Gasteiger partial charge in [-0.05, 0) is 54.8 Å². The lowest BCUT2D eigenvalue weighted by molar-refractivity contribution is 0.113. The molecule has 0 saturated heterocycles. The van der Waals surface area contributed by atoms with Gasteiger partial charge in [-0.1, -0.05) is 6.92 Å². The van der Waals surface area contributed by atoms with Crippen molar-refractivity contribution in [1.29, 1.82) is 0 Å². The molecule has 1 aromatic rings. The first-order valence-electron chi connectivity index (χ1n) is 5.81. The van der Waals surface area contributed by atoms with Crippen molar-refractivity contribution >= 4 is 27.3 Å². The van der Waals surface area contributed by atoms with Crippen molar-refractivity contribution < 1.29 is 0 Å². The number of nitrogens with one attached hydrogen (secondary N) is 1. The number of rotatable bonds is 6. The summed E-state index contributed by atoms with van der Waals surface area (Å²) in [5.41, 5.74) is 3.04. The van der Waals surface area contributed by atoms with Crippen LogP contribution in [-0.2, 0) is 6.42 Å². The summed E-state index contributed by atoms with van der Waals surface area (Å²) in [6.45, 7) is 4.45. The van der Waals surface area contributed by atoms with E-state index in [0.29, 0.717) is 0 Å². The molecule has 0 aliphatic carbocycles. The highest BCUT2D eigenvalue weighted by atomic mass is 79.9. The van der Waals surface area contributed by atoms with Crippen molar-refractivity contribution in [2.45, 2.75) is 38.3 Å². The number of halogens is 1. The Balaban J connectivity index is 2.88. The van der Waals surface area contributed by atoms with E-state index in [1.165, 1.54) is 9.35 Å². The molecule has 1 aromatic heterocycles. The molecule has 1 heterocycles. The topological polar surface area (TPSA) is 41.3 Å². The number of hydrogen-bond acceptors (Lipinski definition) is 4. The first-order valence-corrected chi connectivity index (χ1v) is 7.48. The Kier molecular flexibility index (Phi) is 5.60. The predicted octanol–water partition coefficient (Wildman–Crippen LogP) is 2.62. The Hall–Kier alpha value is 0.0600. The SMILES string of the molecule is CCC(C)(C(Cc1sccc1Br)NN)N(C)C. The molecule has 0 saturated carbocycles. The summed E-state index contributed by atoms with van der Waals surface area (Å²) in [6, 6.07) is 2.32. The van der Waals surface area contributed by atoms with Crippen molar-refractivity contribution in [3.8, 4) is 0 Å². The van der Waals surface area contributed by atoms with E-state index in [0.717, 1.165) is 12.8 Å². The van der Waals surface area contributed by atoms with E-state index in [-0.39, 0.29) is 11.6 Å². The van der Waals surface area contributed by atoms with Crippen LogP contribution in [-0.4, -0.2) is 30.6 Å². The lowest BCUT2D eigenvalue weighted by Gasteiger charge is -2.42. The molecule has 17 heavy (non-hydrogen) atoms. The molecule has 0 bridgehead atoms. The van der Waals surface area contributed by atoms with Crippen LogP contribution in [0.1, 0.15) is 25.1 Å². The minimum absolute atomic E-state index is 0.0538. The van der Waals surface area contributed by atoms with Gasteiger partial charge in [0.25, 0.3) is 0 Å². The van der Waals surface area contributed by atoms with E-state index in [4.69, 9.17) is 5.84 Å². The average molecular weight is 320 g/mol. The van der Waals surface area contributed by atoms with E-state index < -0.39 is 0 Å². The number of thiophene rings is 1. The van der Waals surface area contributed by atoms with E-state index in [2.05, 4.69) is 65.6 Å². The van der Waals surface area contributed by atoms with Crippen LogP contribution in [0.2, 0.25) is 0 Å². The lowest BCUT2D eigenvalue weighted by atomic mass is 9.86. The van der Waals surface area contributed by atoms with Gasteiger partial charge in [0.05, 0.1) is 0 Å². The van der Waals surface area contributed by atoms with Crippen molar-refractivity contribution in [3.63, 3.8) is 0 Å². The van der Waals surface area contributed by atoms with Crippen LogP contribution in [0, 0.1) is 0 Å². The fraction of sp³-hybridized carbons (Fsp3) is 0.667. The van der Waals surface area contributed by atoms with Crippen molar-refractivity contribution in [2.75, 3.05) is 14.1 Å². The minimum atomic E-state index is 0.0538. The van der Waals surface area contributed by atoms with Crippen LogP contribution in [0.3, 0.4) is 0 Å². The maximum atomic E-state index is 5.75. The number of hydrazine groups is 1. The first kappa shape index (κ1) is 15.1. The predicted molar refractivity (Wildman–Crippen MR) is 79.2 cm³/mol. The second kappa shape index (κ2) is 6.29. The molecule has 0 fully saturated rings. The van der Waals surface area contributed by atoms with Gasteiger partial charge in [-0.3, -0.25) is 11.3 Å². The highest BCUT2D eigenvalue weighted by Gasteiger charge is 2.34. The van der Waals surface area contributed by atoms with Crippen LogP contribution >= 0.6 is 27.3 Å². The van der Waals surface area contributed by atoms with Gasteiger partial charge in [0, 0.05) is 27.4 Å². The summed E-state index contributed by atoms with van der Waals surface area (Å²) >= 11 is 5.35. The first-order chi connectivity index (χ1) is 7.95. The number of nitrogens with two attached hydrogens (primary N) is 1. The number of likely N-dealkylation sites (N-methyl/N-ethyl adjacent to an activating group) is 1. The molecule has 0 radical (unpaired) electrons. The summed E-state index contributed by atoms with van der Waals surface area (Å²) < 4.78 is 1.18.